The van der Waals surface area contributed by atoms with Gasteiger partial charge in [0.2, 0.25) is 5.91 Å². The summed E-state index contributed by atoms with van der Waals surface area (Å²) in [7, 11) is -4.64. The normalized spacial score (nSPS) is 12.2. The Hall–Kier alpha value is -3.55. The van der Waals surface area contributed by atoms with E-state index in [0.717, 1.165) is 11.1 Å². The van der Waals surface area contributed by atoms with Crippen molar-refractivity contribution in [3.63, 3.8) is 0 Å². The number of carbonyl (C=O) groups excluding carboxylic acids is 2. The van der Waals surface area contributed by atoms with Crippen molar-refractivity contribution < 1.29 is 46.4 Å². The molecule has 1 atom stereocenters. The van der Waals surface area contributed by atoms with Crippen LogP contribution in [0.1, 0.15) is 31.7 Å². The van der Waals surface area contributed by atoms with E-state index in [9.17, 15) is 27.3 Å². The van der Waals surface area contributed by atoms with Gasteiger partial charge >= 0.3 is 13.9 Å². The van der Waals surface area contributed by atoms with Gasteiger partial charge in [-0.05, 0) is 55.0 Å². The molecule has 1 heterocycles. The molecule has 2 amide bonds. The lowest BCUT2D eigenvalue weighted by Gasteiger charge is -2.31. The van der Waals surface area contributed by atoms with Crippen LogP contribution in [0.25, 0.3) is 10.8 Å². The summed E-state index contributed by atoms with van der Waals surface area (Å²) >= 11 is 0. The van der Waals surface area contributed by atoms with E-state index in [0.29, 0.717) is 17.2 Å². The summed E-state index contributed by atoms with van der Waals surface area (Å²) in [6.45, 7) is 0.363. The number of aromatic nitrogens is 1. The number of hydrazine groups is 1. The molecule has 0 aliphatic rings. The Kier molecular flexibility index (Phi) is 11.0. The molecule has 0 aliphatic heterocycles. The molecule has 40 heavy (non-hydrogen) atoms. The Morgan fingerprint density at radius 2 is 1.88 bits per heavy atom. The number of nitrogens with one attached hydrogen (secondary N) is 2. The van der Waals surface area contributed by atoms with Crippen LogP contribution in [0, 0.1) is 17.5 Å². The number of carbonyl (C=O) groups is 2. The number of benzene rings is 2. The molecule has 0 radical (unpaired) electrons. The van der Waals surface area contributed by atoms with E-state index >= 15 is 0 Å². The van der Waals surface area contributed by atoms with Crippen molar-refractivity contribution in [1.82, 2.24) is 15.4 Å². The summed E-state index contributed by atoms with van der Waals surface area (Å²) in [5.74, 6) is -3.02. The average molecular weight is 584 g/mol. The molecule has 1 aromatic heterocycles. The first-order valence-corrected chi connectivity index (χ1v) is 13.6. The molecule has 0 fully saturated rings. The zero-order valence-electron chi connectivity index (χ0n) is 21.3. The number of amides is 2. The van der Waals surface area contributed by atoms with E-state index in [2.05, 4.69) is 20.3 Å². The minimum atomic E-state index is -4.64. The van der Waals surface area contributed by atoms with Gasteiger partial charge < -0.3 is 14.5 Å². The first-order valence-electron chi connectivity index (χ1n) is 12.1. The van der Waals surface area contributed by atoms with Crippen LogP contribution in [-0.4, -0.2) is 51.0 Å². The quantitative estimate of drug-likeness (QED) is 0.130. The highest BCUT2D eigenvalue weighted by Gasteiger charge is 2.24. The Morgan fingerprint density at radius 3 is 2.60 bits per heavy atom. The third kappa shape index (κ3) is 9.57. The number of unbranched alkanes of at least 4 members (excludes halogenated alkanes) is 1. The lowest BCUT2D eigenvalue weighted by Crippen LogP contribution is -2.50. The van der Waals surface area contributed by atoms with Gasteiger partial charge in [0.15, 0.2) is 11.6 Å². The fraction of sp³-hybridized carbons (Fsp3) is 0.320. The Bertz CT molecular complexity index is 1390. The molecule has 0 aliphatic carbocycles. The van der Waals surface area contributed by atoms with E-state index in [1.807, 2.05) is 0 Å². The van der Waals surface area contributed by atoms with Gasteiger partial charge in [-0.1, -0.05) is 12.1 Å². The predicted molar refractivity (Wildman–Crippen MR) is 138 cm³/mol. The minimum absolute atomic E-state index is 0.0440. The molecule has 0 bridgehead atoms. The van der Waals surface area contributed by atoms with Crippen molar-refractivity contribution >= 4 is 36.4 Å². The molecule has 15 heteroatoms. The topological polar surface area (TPSA) is 150 Å². The number of phosphoric ester groups is 1. The Labute approximate surface area is 227 Å². The molecule has 4 N–H and O–H groups in total. The fourth-order valence-corrected chi connectivity index (χ4v) is 4.16. The molecule has 0 spiro atoms. The third-order valence-electron chi connectivity index (χ3n) is 5.69. The van der Waals surface area contributed by atoms with E-state index in [-0.39, 0.29) is 44.0 Å². The number of phosphoric acid groups is 1. The summed E-state index contributed by atoms with van der Waals surface area (Å²) < 4.78 is 61.9. The summed E-state index contributed by atoms with van der Waals surface area (Å²) in [6, 6.07) is 8.34. The number of hydrogen-bond acceptors (Lipinski definition) is 7. The molecular weight excluding hydrogens is 556 g/mol. The van der Waals surface area contributed by atoms with Crippen LogP contribution in [0.4, 0.5) is 23.8 Å². The van der Waals surface area contributed by atoms with Crippen LogP contribution in [0.3, 0.4) is 0 Å². The SMILES string of the molecule is CC(=O)N(NCc1cccc(F)c1F)[C@@H](CCCCOP(=O)(O)O)COC(=O)Nc1cc2cc(F)ccc2cn1. The number of rotatable bonds is 13. The number of anilines is 1. The zero-order valence-corrected chi connectivity index (χ0v) is 22.2. The smallest absolute Gasteiger partial charge is 0.447 e. The first-order chi connectivity index (χ1) is 18.9. The molecule has 216 valence electrons. The molecule has 11 nitrogen and oxygen atoms in total. The third-order valence-corrected chi connectivity index (χ3v) is 6.21. The van der Waals surface area contributed by atoms with Crippen LogP contribution in [0.15, 0.2) is 48.7 Å². The number of halogens is 3. The first kappa shape index (κ1) is 31.0. The highest BCUT2D eigenvalue weighted by molar-refractivity contribution is 7.46. The Morgan fingerprint density at radius 1 is 1.10 bits per heavy atom. The monoisotopic (exact) mass is 584 g/mol. The molecular formula is C25H28F3N4O7P. The van der Waals surface area contributed by atoms with Crippen molar-refractivity contribution in [2.24, 2.45) is 0 Å². The van der Waals surface area contributed by atoms with Crippen LogP contribution in [0.5, 0.6) is 0 Å². The van der Waals surface area contributed by atoms with E-state index in [1.165, 1.54) is 49.5 Å². The molecule has 0 saturated carbocycles. The number of nitrogens with zero attached hydrogens (tertiary/aromatic N) is 2. The molecule has 0 unspecified atom stereocenters. The molecule has 2 aromatic carbocycles. The summed E-state index contributed by atoms with van der Waals surface area (Å²) in [5, 5.41) is 4.69. The number of ether oxygens (including phenoxy) is 1. The van der Waals surface area contributed by atoms with Crippen molar-refractivity contribution in [2.75, 3.05) is 18.5 Å². The van der Waals surface area contributed by atoms with Crippen LogP contribution >= 0.6 is 7.82 Å². The largest absolute Gasteiger partial charge is 0.469 e. The van der Waals surface area contributed by atoms with E-state index in [4.69, 9.17) is 14.5 Å². The lowest BCUT2D eigenvalue weighted by atomic mass is 10.1. The number of fused-ring (bicyclic) bond motifs is 1. The van der Waals surface area contributed by atoms with Crippen LogP contribution in [-0.2, 0) is 25.2 Å². The van der Waals surface area contributed by atoms with Gasteiger partial charge in [-0.3, -0.25) is 19.6 Å². The second-order valence-corrected chi connectivity index (χ2v) is 9.93. The summed E-state index contributed by atoms with van der Waals surface area (Å²) in [5.41, 5.74) is 2.69. The molecule has 3 rings (SSSR count). The highest BCUT2D eigenvalue weighted by Crippen LogP contribution is 2.35. The van der Waals surface area contributed by atoms with Gasteiger partial charge in [0.1, 0.15) is 18.2 Å². The lowest BCUT2D eigenvalue weighted by molar-refractivity contribution is -0.136. The molecule has 0 saturated heterocycles. The summed E-state index contributed by atoms with van der Waals surface area (Å²) in [6.07, 6.45) is 1.21. The van der Waals surface area contributed by atoms with Gasteiger partial charge in [0.05, 0.1) is 12.6 Å². The van der Waals surface area contributed by atoms with Gasteiger partial charge in [0.25, 0.3) is 0 Å². The number of pyridine rings is 1. The molecule has 3 aromatic rings. The maximum atomic E-state index is 14.1. The standard InChI is InChI=1S/C25H28F3N4O7P/c1-16(33)32(30-14-18-5-4-7-22(27)24(18)28)21(6-2-3-10-39-40(35,36)37)15-38-25(34)31-23-12-19-11-20(26)9-8-17(19)13-29-23/h4-5,7-9,11-13,21,30H,2-3,6,10,14-15H2,1H3,(H,29,31,34)(H2,35,36,37)/t21-/m0/s1. The maximum Gasteiger partial charge on any atom is 0.469 e. The van der Waals surface area contributed by atoms with Crippen molar-refractivity contribution in [3.8, 4) is 0 Å². The van der Waals surface area contributed by atoms with Gasteiger partial charge in [0, 0.05) is 30.6 Å². The van der Waals surface area contributed by atoms with Crippen molar-refractivity contribution in [2.45, 2.75) is 38.8 Å². The van der Waals surface area contributed by atoms with Crippen LogP contribution in [0.2, 0.25) is 0 Å². The fourth-order valence-electron chi connectivity index (χ4n) is 3.80. The Balaban J connectivity index is 1.67. The second-order valence-electron chi connectivity index (χ2n) is 8.69. The van der Waals surface area contributed by atoms with Crippen molar-refractivity contribution in [3.05, 3.63) is 71.7 Å². The van der Waals surface area contributed by atoms with Gasteiger partial charge in [-0.15, -0.1) is 0 Å². The summed E-state index contributed by atoms with van der Waals surface area (Å²) in [4.78, 5) is 46.7. The average Bonchev–Trinajstić information content (AvgIpc) is 2.87. The predicted octanol–water partition coefficient (Wildman–Crippen LogP) is 4.40. The minimum Gasteiger partial charge on any atom is -0.447 e. The van der Waals surface area contributed by atoms with Crippen molar-refractivity contribution in [1.29, 1.82) is 0 Å². The second kappa shape index (κ2) is 14.2. The highest BCUT2D eigenvalue weighted by atomic mass is 31.2. The van der Waals surface area contributed by atoms with E-state index < -0.39 is 43.3 Å². The van der Waals surface area contributed by atoms with Gasteiger partial charge in [-0.25, -0.2) is 32.9 Å². The number of hydrogen-bond donors (Lipinski definition) is 4. The van der Waals surface area contributed by atoms with Crippen LogP contribution < -0.4 is 10.7 Å². The maximum absolute atomic E-state index is 14.1. The zero-order chi connectivity index (χ0) is 29.3. The van der Waals surface area contributed by atoms with E-state index in [1.54, 1.807) is 0 Å². The van der Waals surface area contributed by atoms with Gasteiger partial charge in [-0.2, -0.15) is 0 Å².